The largest absolute Gasteiger partial charge is 0.534 e. The smallest absolute Gasteiger partial charge is 0.466 e. The second kappa shape index (κ2) is 14.2. The quantitative estimate of drug-likeness (QED) is 0.135. The minimum Gasteiger partial charge on any atom is -0.466 e. The van der Waals surface area contributed by atoms with Crippen molar-refractivity contribution in [2.45, 2.75) is 71.0 Å². The number of ether oxygens (including phenoxy) is 3. The number of esters is 1. The van der Waals surface area contributed by atoms with Crippen LogP contribution < -0.4 is 9.50 Å². The van der Waals surface area contributed by atoms with Gasteiger partial charge in [-0.05, 0) is 69.7 Å². The molecule has 224 valence electrons. The normalized spacial score (nSPS) is 13.0. The molecule has 9 nitrogen and oxygen atoms in total. The number of hydrogen-bond donors (Lipinski definition) is 1. The van der Waals surface area contributed by atoms with Crippen molar-refractivity contribution in [3.05, 3.63) is 51.2 Å². The van der Waals surface area contributed by atoms with Crippen LogP contribution in [0.3, 0.4) is 0 Å². The van der Waals surface area contributed by atoms with Gasteiger partial charge in [0.2, 0.25) is 0 Å². The zero-order valence-corrected chi connectivity index (χ0v) is 24.6. The van der Waals surface area contributed by atoms with Crippen molar-refractivity contribution in [3.8, 4) is 5.75 Å². The van der Waals surface area contributed by atoms with Crippen LogP contribution >= 0.6 is 11.3 Å². The van der Waals surface area contributed by atoms with Crippen molar-refractivity contribution < 1.29 is 49.6 Å². The monoisotopic (exact) mass is 609 g/mol. The van der Waals surface area contributed by atoms with Gasteiger partial charge in [0, 0.05) is 22.9 Å². The number of carbonyl (C=O) groups excluding carboxylic acids is 2. The van der Waals surface area contributed by atoms with Crippen molar-refractivity contribution >= 4 is 33.5 Å². The molecule has 0 fully saturated rings. The van der Waals surface area contributed by atoms with Gasteiger partial charge in [0.1, 0.15) is 11.4 Å². The van der Waals surface area contributed by atoms with E-state index in [0.717, 1.165) is 16.5 Å². The number of thiophene rings is 1. The van der Waals surface area contributed by atoms with Crippen molar-refractivity contribution in [1.82, 2.24) is 5.32 Å². The fourth-order valence-electron chi connectivity index (χ4n) is 3.43. The first-order valence-corrected chi connectivity index (χ1v) is 14.7. The van der Waals surface area contributed by atoms with Gasteiger partial charge in [-0.2, -0.15) is 21.6 Å². The first-order chi connectivity index (χ1) is 18.5. The maximum absolute atomic E-state index is 13.0. The maximum Gasteiger partial charge on any atom is 0.534 e. The van der Waals surface area contributed by atoms with Crippen LogP contribution in [0, 0.1) is 6.92 Å². The number of halogens is 3. The molecule has 0 aliphatic rings. The van der Waals surface area contributed by atoms with Gasteiger partial charge in [0.15, 0.2) is 0 Å². The second-order valence-electron chi connectivity index (χ2n) is 9.84. The molecule has 0 aliphatic heterocycles. The van der Waals surface area contributed by atoms with Crippen LogP contribution in [0.2, 0.25) is 0 Å². The summed E-state index contributed by atoms with van der Waals surface area (Å²) in [7, 11) is -5.94. The number of alkyl halides is 3. The molecule has 1 heterocycles. The van der Waals surface area contributed by atoms with E-state index in [2.05, 4.69) is 9.50 Å². The predicted octanol–water partition coefficient (Wildman–Crippen LogP) is 5.61. The van der Waals surface area contributed by atoms with Crippen LogP contribution in [0.1, 0.15) is 61.6 Å². The molecule has 0 saturated carbocycles. The third-order valence-corrected chi connectivity index (χ3v) is 7.32. The number of amides is 1. The Morgan fingerprint density at radius 3 is 2.40 bits per heavy atom. The number of carbonyl (C=O) groups is 2. The van der Waals surface area contributed by atoms with E-state index >= 15 is 0 Å². The molecule has 0 radical (unpaired) electrons. The van der Waals surface area contributed by atoms with Crippen molar-refractivity contribution in [2.75, 3.05) is 19.8 Å². The van der Waals surface area contributed by atoms with Gasteiger partial charge in [-0.25, -0.2) is 4.79 Å². The maximum atomic E-state index is 13.0. The Bertz CT molecular complexity index is 1250. The summed E-state index contributed by atoms with van der Waals surface area (Å²) in [4.78, 5) is 24.7. The lowest BCUT2D eigenvalue weighted by atomic mass is 9.96. The Morgan fingerprint density at radius 2 is 1.82 bits per heavy atom. The van der Waals surface area contributed by atoms with Gasteiger partial charge in [-0.15, -0.1) is 11.3 Å². The summed E-state index contributed by atoms with van der Waals surface area (Å²) in [6, 6.07) is 6.01. The highest BCUT2D eigenvalue weighted by Crippen LogP contribution is 2.32. The fourth-order valence-corrected chi connectivity index (χ4v) is 4.92. The molecule has 1 atom stereocenters. The van der Waals surface area contributed by atoms with Crippen molar-refractivity contribution in [1.29, 1.82) is 0 Å². The Balaban J connectivity index is 2.29. The second-order valence-corrected chi connectivity index (χ2v) is 12.3. The van der Waals surface area contributed by atoms with Gasteiger partial charge in [0.05, 0.1) is 26.2 Å². The van der Waals surface area contributed by atoms with Gasteiger partial charge in [-0.1, -0.05) is 12.1 Å². The van der Waals surface area contributed by atoms with Crippen LogP contribution in [-0.2, 0) is 42.1 Å². The molecular weight excluding hydrogens is 575 g/mol. The van der Waals surface area contributed by atoms with E-state index in [1.54, 1.807) is 27.7 Å². The van der Waals surface area contributed by atoms with E-state index < -0.39 is 33.1 Å². The molecule has 1 amide bonds. The van der Waals surface area contributed by atoms with E-state index in [4.69, 9.17) is 14.2 Å². The van der Waals surface area contributed by atoms with Gasteiger partial charge in [-0.3, -0.25) is 4.79 Å². The van der Waals surface area contributed by atoms with E-state index in [0.29, 0.717) is 12.0 Å². The molecule has 0 aliphatic carbocycles. The minimum atomic E-state index is -5.94. The van der Waals surface area contributed by atoms with E-state index in [1.165, 1.54) is 23.5 Å². The molecule has 40 heavy (non-hydrogen) atoms. The molecule has 0 spiro atoms. The van der Waals surface area contributed by atoms with Crippen LogP contribution in [0.25, 0.3) is 0 Å². The lowest BCUT2D eigenvalue weighted by Gasteiger charge is -2.21. The van der Waals surface area contributed by atoms with Crippen molar-refractivity contribution in [3.63, 3.8) is 0 Å². The molecule has 1 unspecified atom stereocenters. The Morgan fingerprint density at radius 1 is 1.12 bits per heavy atom. The molecule has 1 N–H and O–H groups in total. The van der Waals surface area contributed by atoms with Gasteiger partial charge in [0.25, 0.3) is 0 Å². The van der Waals surface area contributed by atoms with E-state index in [1.807, 2.05) is 18.4 Å². The van der Waals surface area contributed by atoms with Crippen LogP contribution in [0.15, 0.2) is 29.6 Å². The summed E-state index contributed by atoms with van der Waals surface area (Å²) in [5.74, 6) is -1.14. The van der Waals surface area contributed by atoms with Gasteiger partial charge >= 0.3 is 27.7 Å². The molecule has 1 aromatic heterocycles. The fraction of sp³-hybridized carbons (Fsp3) is 0.538. The van der Waals surface area contributed by atoms with Crippen molar-refractivity contribution in [2.24, 2.45) is 0 Å². The molecular formula is C26H34F3NO8S2. The molecule has 14 heteroatoms. The number of rotatable bonds is 13. The summed E-state index contributed by atoms with van der Waals surface area (Å²) in [5.41, 5.74) is -4.79. The molecule has 2 rings (SSSR count). The van der Waals surface area contributed by atoms with E-state index in [9.17, 15) is 31.2 Å². The minimum absolute atomic E-state index is 0.000485. The first-order valence-electron chi connectivity index (χ1n) is 12.4. The summed E-state index contributed by atoms with van der Waals surface area (Å²) in [6.45, 7) is 8.86. The molecule has 0 saturated heterocycles. The number of aryl methyl sites for hydroxylation is 1. The standard InChI is InChI=1S/C26H34F3NO8S2/c1-6-36-23(31)9-10-35-15-20(22-11-17(2)16-39-22)13-18-7-8-21(38-40(33,34)26(27,28)29)19(12-18)14-30-24(32)37-25(3,4)5/h7-8,11-12,16,20H,6,9-10,13-15H2,1-5H3,(H,30,32). The highest BCUT2D eigenvalue weighted by atomic mass is 32.2. The zero-order valence-electron chi connectivity index (χ0n) is 22.9. The summed E-state index contributed by atoms with van der Waals surface area (Å²) >= 11 is 1.51. The zero-order chi connectivity index (χ0) is 30.1. The average Bonchev–Trinajstić information content (AvgIpc) is 3.25. The van der Waals surface area contributed by atoms with E-state index in [-0.39, 0.29) is 50.2 Å². The summed E-state index contributed by atoms with van der Waals surface area (Å²) in [5, 5.41) is 4.38. The Kier molecular flexibility index (Phi) is 11.8. The lowest BCUT2D eigenvalue weighted by molar-refractivity contribution is -0.144. The number of benzene rings is 1. The molecule has 0 bridgehead atoms. The Hall–Kier alpha value is -2.84. The molecule has 1 aromatic carbocycles. The highest BCUT2D eigenvalue weighted by molar-refractivity contribution is 7.88. The molecule has 2 aromatic rings. The predicted molar refractivity (Wildman–Crippen MR) is 143 cm³/mol. The SMILES string of the molecule is CCOC(=O)CCOCC(Cc1ccc(OS(=O)(=O)C(F)(F)F)c(CNC(=O)OC(C)(C)C)c1)c1cc(C)cs1. The average molecular weight is 610 g/mol. The third kappa shape index (κ3) is 11.0. The lowest BCUT2D eigenvalue weighted by Crippen LogP contribution is -2.32. The summed E-state index contributed by atoms with van der Waals surface area (Å²) < 4.78 is 82.5. The van der Waals surface area contributed by atoms with Crippen LogP contribution in [0.4, 0.5) is 18.0 Å². The van der Waals surface area contributed by atoms with Crippen LogP contribution in [-0.4, -0.2) is 51.4 Å². The van der Waals surface area contributed by atoms with Gasteiger partial charge < -0.3 is 23.7 Å². The van der Waals surface area contributed by atoms with Crippen LogP contribution in [0.5, 0.6) is 5.75 Å². The summed E-state index contributed by atoms with van der Waals surface area (Å²) in [6.07, 6.45) is -0.389. The number of alkyl carbamates (subject to hydrolysis) is 1. The Labute approximate surface area is 236 Å². The first kappa shape index (κ1) is 33.4. The topological polar surface area (TPSA) is 117 Å². The highest BCUT2D eigenvalue weighted by Gasteiger charge is 2.48. The third-order valence-electron chi connectivity index (χ3n) is 5.14. The number of nitrogens with one attached hydrogen (secondary N) is 1. The number of hydrogen-bond acceptors (Lipinski definition) is 9.